The molecule has 2 amide bonds. The standard InChI is InChI=1S/C12H13BrN4O3/c1-2-7-5-10(17-16-7)15-11(18)6-14-12(19)8-3-4-9(13)20-8/h3-5H,2,6H2,1H3,(H,14,19)(H2,15,16,17,18). The number of hydrogen-bond donors (Lipinski definition) is 3. The summed E-state index contributed by atoms with van der Waals surface area (Å²) >= 11 is 3.10. The molecule has 3 N–H and O–H groups in total. The third kappa shape index (κ3) is 3.70. The molecule has 7 nitrogen and oxygen atoms in total. The molecule has 0 aliphatic carbocycles. The average Bonchev–Trinajstić information content (AvgIpc) is 3.05. The molecule has 0 radical (unpaired) electrons. The monoisotopic (exact) mass is 340 g/mol. The zero-order chi connectivity index (χ0) is 14.5. The lowest BCUT2D eigenvalue weighted by molar-refractivity contribution is -0.115. The first-order valence-electron chi connectivity index (χ1n) is 5.96. The van der Waals surface area contributed by atoms with Gasteiger partial charge in [0.15, 0.2) is 16.2 Å². The van der Waals surface area contributed by atoms with E-state index in [9.17, 15) is 9.59 Å². The summed E-state index contributed by atoms with van der Waals surface area (Å²) < 4.78 is 5.52. The van der Waals surface area contributed by atoms with Crippen molar-refractivity contribution in [2.24, 2.45) is 0 Å². The van der Waals surface area contributed by atoms with E-state index < -0.39 is 5.91 Å². The number of H-pyrrole nitrogens is 1. The van der Waals surface area contributed by atoms with Crippen molar-refractivity contribution < 1.29 is 14.0 Å². The molecule has 2 rings (SSSR count). The van der Waals surface area contributed by atoms with Crippen LogP contribution in [-0.2, 0) is 11.2 Å². The molecule has 2 aromatic rings. The molecule has 0 spiro atoms. The van der Waals surface area contributed by atoms with Crippen LogP contribution in [0.4, 0.5) is 5.82 Å². The molecule has 2 heterocycles. The zero-order valence-corrected chi connectivity index (χ0v) is 12.3. The molecule has 2 aromatic heterocycles. The van der Waals surface area contributed by atoms with Gasteiger partial charge >= 0.3 is 0 Å². The van der Waals surface area contributed by atoms with Crippen molar-refractivity contribution in [1.82, 2.24) is 15.5 Å². The van der Waals surface area contributed by atoms with Gasteiger partial charge in [-0.05, 0) is 34.5 Å². The fourth-order valence-electron chi connectivity index (χ4n) is 1.48. The SMILES string of the molecule is CCc1cc(NC(=O)CNC(=O)c2ccc(Br)o2)n[nH]1. The molecule has 0 saturated carbocycles. The van der Waals surface area contributed by atoms with Crippen LogP contribution < -0.4 is 10.6 Å². The van der Waals surface area contributed by atoms with Crippen LogP contribution in [0.3, 0.4) is 0 Å². The van der Waals surface area contributed by atoms with Crippen LogP contribution in [0.25, 0.3) is 0 Å². The summed E-state index contributed by atoms with van der Waals surface area (Å²) in [6.07, 6.45) is 0.799. The van der Waals surface area contributed by atoms with E-state index >= 15 is 0 Å². The summed E-state index contributed by atoms with van der Waals surface area (Å²) in [5, 5.41) is 11.7. The van der Waals surface area contributed by atoms with Crippen molar-refractivity contribution in [3.05, 3.63) is 34.3 Å². The number of halogens is 1. The van der Waals surface area contributed by atoms with Gasteiger partial charge in [-0.1, -0.05) is 6.92 Å². The maximum Gasteiger partial charge on any atom is 0.287 e. The normalized spacial score (nSPS) is 10.3. The Morgan fingerprint density at radius 1 is 1.45 bits per heavy atom. The lowest BCUT2D eigenvalue weighted by Gasteiger charge is -2.03. The summed E-state index contributed by atoms with van der Waals surface area (Å²) in [4.78, 5) is 23.3. The Morgan fingerprint density at radius 3 is 2.85 bits per heavy atom. The van der Waals surface area contributed by atoms with E-state index in [4.69, 9.17) is 4.42 Å². The van der Waals surface area contributed by atoms with E-state index in [1.807, 2.05) is 6.92 Å². The minimum absolute atomic E-state index is 0.137. The highest BCUT2D eigenvalue weighted by Crippen LogP contribution is 2.13. The number of nitrogens with zero attached hydrogens (tertiary/aromatic N) is 1. The number of aromatic amines is 1. The van der Waals surface area contributed by atoms with Crippen LogP contribution in [0.15, 0.2) is 27.3 Å². The molecular weight excluding hydrogens is 328 g/mol. The van der Waals surface area contributed by atoms with Gasteiger partial charge in [-0.2, -0.15) is 5.10 Å². The minimum atomic E-state index is -0.456. The molecule has 0 saturated heterocycles. The molecule has 0 bridgehead atoms. The fraction of sp³-hybridized carbons (Fsp3) is 0.250. The molecule has 0 aliphatic rings. The number of carbonyl (C=O) groups is 2. The molecule has 8 heteroatoms. The predicted octanol–water partition coefficient (Wildman–Crippen LogP) is 1.70. The van der Waals surface area contributed by atoms with Gasteiger partial charge < -0.3 is 15.1 Å². The Morgan fingerprint density at radius 2 is 2.25 bits per heavy atom. The van der Waals surface area contributed by atoms with Gasteiger partial charge in [-0.3, -0.25) is 14.7 Å². The molecule has 0 unspecified atom stereocenters. The Labute approximate surface area is 123 Å². The molecular formula is C12H13BrN4O3. The van der Waals surface area contributed by atoms with Crippen molar-refractivity contribution >= 4 is 33.6 Å². The van der Waals surface area contributed by atoms with Crippen molar-refractivity contribution in [1.29, 1.82) is 0 Å². The van der Waals surface area contributed by atoms with E-state index in [0.29, 0.717) is 10.5 Å². The summed E-state index contributed by atoms with van der Waals surface area (Å²) in [6.45, 7) is 1.81. The second-order valence-electron chi connectivity index (χ2n) is 3.97. The first kappa shape index (κ1) is 14.3. The Hall–Kier alpha value is -2.09. The topological polar surface area (TPSA) is 100 Å². The predicted molar refractivity (Wildman–Crippen MR) is 75.3 cm³/mol. The molecule has 0 fully saturated rings. The van der Waals surface area contributed by atoms with E-state index in [0.717, 1.165) is 12.1 Å². The van der Waals surface area contributed by atoms with Crippen molar-refractivity contribution in [3.8, 4) is 0 Å². The van der Waals surface area contributed by atoms with Crippen LogP contribution in [-0.4, -0.2) is 28.6 Å². The van der Waals surface area contributed by atoms with Crippen molar-refractivity contribution in [2.45, 2.75) is 13.3 Å². The van der Waals surface area contributed by atoms with E-state index in [1.54, 1.807) is 12.1 Å². The molecule has 106 valence electrons. The number of anilines is 1. The van der Waals surface area contributed by atoms with Crippen LogP contribution in [0, 0.1) is 0 Å². The minimum Gasteiger partial charge on any atom is -0.444 e. The number of amides is 2. The highest BCUT2D eigenvalue weighted by atomic mass is 79.9. The molecule has 0 atom stereocenters. The van der Waals surface area contributed by atoms with E-state index in [-0.39, 0.29) is 18.2 Å². The van der Waals surface area contributed by atoms with Gasteiger partial charge in [-0.15, -0.1) is 0 Å². The van der Waals surface area contributed by atoms with Gasteiger partial charge in [0.1, 0.15) is 0 Å². The van der Waals surface area contributed by atoms with Crippen molar-refractivity contribution in [2.75, 3.05) is 11.9 Å². The van der Waals surface area contributed by atoms with Crippen LogP contribution in [0.2, 0.25) is 0 Å². The fourth-order valence-corrected chi connectivity index (χ4v) is 1.78. The Kier molecular flexibility index (Phi) is 4.57. The van der Waals surface area contributed by atoms with Gasteiger partial charge in [0.2, 0.25) is 5.91 Å². The van der Waals surface area contributed by atoms with E-state index in [1.165, 1.54) is 6.07 Å². The zero-order valence-electron chi connectivity index (χ0n) is 10.7. The lowest BCUT2D eigenvalue weighted by Crippen LogP contribution is -2.32. The number of aromatic nitrogens is 2. The third-order valence-corrected chi connectivity index (χ3v) is 2.91. The van der Waals surface area contributed by atoms with Crippen LogP contribution in [0.5, 0.6) is 0 Å². The number of carbonyl (C=O) groups excluding carboxylic acids is 2. The lowest BCUT2D eigenvalue weighted by atomic mass is 10.3. The number of aryl methyl sites for hydroxylation is 1. The van der Waals surface area contributed by atoms with Gasteiger partial charge in [0, 0.05) is 11.8 Å². The van der Waals surface area contributed by atoms with E-state index in [2.05, 4.69) is 36.8 Å². The quantitative estimate of drug-likeness (QED) is 0.771. The van der Waals surface area contributed by atoms with Crippen molar-refractivity contribution in [3.63, 3.8) is 0 Å². The second kappa shape index (κ2) is 6.38. The first-order chi connectivity index (χ1) is 9.58. The summed E-state index contributed by atoms with van der Waals surface area (Å²) in [7, 11) is 0. The molecule has 0 aliphatic heterocycles. The Balaban J connectivity index is 1.81. The number of rotatable bonds is 5. The second-order valence-corrected chi connectivity index (χ2v) is 4.75. The van der Waals surface area contributed by atoms with Crippen LogP contribution in [0.1, 0.15) is 23.2 Å². The third-order valence-electron chi connectivity index (χ3n) is 2.49. The first-order valence-corrected chi connectivity index (χ1v) is 6.75. The highest BCUT2D eigenvalue weighted by molar-refractivity contribution is 9.10. The highest BCUT2D eigenvalue weighted by Gasteiger charge is 2.12. The number of hydrogen-bond acceptors (Lipinski definition) is 4. The largest absolute Gasteiger partial charge is 0.444 e. The van der Waals surface area contributed by atoms with Gasteiger partial charge in [0.05, 0.1) is 6.54 Å². The maximum absolute atomic E-state index is 11.6. The summed E-state index contributed by atoms with van der Waals surface area (Å²) in [5.74, 6) is -0.250. The molecule has 20 heavy (non-hydrogen) atoms. The average molecular weight is 341 g/mol. The summed E-state index contributed by atoms with van der Waals surface area (Å²) in [5.41, 5.74) is 0.921. The van der Waals surface area contributed by atoms with Gasteiger partial charge in [-0.25, -0.2) is 0 Å². The number of nitrogens with one attached hydrogen (secondary N) is 3. The summed E-state index contributed by atoms with van der Waals surface area (Å²) in [6, 6.07) is 4.85. The van der Waals surface area contributed by atoms with Crippen LogP contribution >= 0.6 is 15.9 Å². The number of furan rings is 1. The molecule has 0 aromatic carbocycles. The smallest absolute Gasteiger partial charge is 0.287 e. The Bertz CT molecular complexity index is 620. The maximum atomic E-state index is 11.6. The van der Waals surface area contributed by atoms with Gasteiger partial charge in [0.25, 0.3) is 5.91 Å².